The molecule has 2 fully saturated rings. The molecular formula is C16H27N5O4S. The molecule has 0 N–H and O–H groups in total. The van der Waals surface area contributed by atoms with Crippen LogP contribution in [0.4, 0.5) is 0 Å². The summed E-state index contributed by atoms with van der Waals surface area (Å²) < 4.78 is 32.7. The van der Waals surface area contributed by atoms with Gasteiger partial charge in [0.2, 0.25) is 11.8 Å². The zero-order valence-corrected chi connectivity index (χ0v) is 16.4. The number of carbonyl (C=O) groups excluding carboxylic acids is 1. The van der Waals surface area contributed by atoms with Gasteiger partial charge < -0.3 is 9.42 Å². The number of carbonyl (C=O) groups is 1. The van der Waals surface area contributed by atoms with Gasteiger partial charge in [-0.15, -0.1) is 0 Å². The predicted octanol–water partition coefficient (Wildman–Crippen LogP) is 0.609. The third-order valence-electron chi connectivity index (χ3n) is 4.98. The van der Waals surface area contributed by atoms with Crippen molar-refractivity contribution < 1.29 is 17.7 Å². The van der Waals surface area contributed by atoms with Gasteiger partial charge in [-0.25, -0.2) is 0 Å². The number of rotatable bonds is 7. The van der Waals surface area contributed by atoms with Gasteiger partial charge in [-0.1, -0.05) is 5.16 Å². The average Bonchev–Trinajstić information content (AvgIpc) is 3.34. The zero-order chi connectivity index (χ0) is 18.9. The van der Waals surface area contributed by atoms with Crippen molar-refractivity contribution in [3.8, 4) is 0 Å². The van der Waals surface area contributed by atoms with Crippen LogP contribution in [0.2, 0.25) is 0 Å². The molecule has 1 aromatic rings. The highest BCUT2D eigenvalue weighted by Gasteiger charge is 2.34. The standard InChI is InChI=1S/C16H27N5O4S/c1-12(22)21(10-8-15-17-16(25-18-15)13-6-7-13)14-5-4-9-20(11-14)26(23,24)19(2)3/h13-14H,4-11H2,1-3H3. The second-order valence-electron chi connectivity index (χ2n) is 7.23. The second-order valence-corrected chi connectivity index (χ2v) is 9.37. The molecule has 1 aliphatic heterocycles. The molecular weight excluding hydrogens is 358 g/mol. The van der Waals surface area contributed by atoms with E-state index in [1.807, 2.05) is 0 Å². The van der Waals surface area contributed by atoms with Gasteiger partial charge >= 0.3 is 0 Å². The van der Waals surface area contributed by atoms with E-state index in [1.165, 1.54) is 29.6 Å². The molecule has 1 amide bonds. The first kappa shape index (κ1) is 19.2. The molecule has 2 heterocycles. The largest absolute Gasteiger partial charge is 0.339 e. The zero-order valence-electron chi connectivity index (χ0n) is 15.6. The number of amides is 1. The molecule has 1 atom stereocenters. The van der Waals surface area contributed by atoms with Gasteiger partial charge in [-0.2, -0.15) is 22.0 Å². The summed E-state index contributed by atoms with van der Waals surface area (Å²) in [5.74, 6) is 1.63. The highest BCUT2D eigenvalue weighted by atomic mass is 32.2. The molecule has 9 nitrogen and oxygen atoms in total. The van der Waals surface area contributed by atoms with E-state index >= 15 is 0 Å². The fraction of sp³-hybridized carbons (Fsp3) is 0.812. The molecule has 1 aromatic heterocycles. The SMILES string of the molecule is CC(=O)N(CCc1noc(C2CC2)n1)C1CCCN(S(=O)(=O)N(C)C)C1. The Morgan fingerprint density at radius 2 is 2.04 bits per heavy atom. The van der Waals surface area contributed by atoms with Gasteiger partial charge in [0.05, 0.1) is 0 Å². The topological polar surface area (TPSA) is 99.9 Å². The molecule has 1 saturated carbocycles. The van der Waals surface area contributed by atoms with Crippen molar-refractivity contribution in [1.29, 1.82) is 0 Å². The Labute approximate surface area is 154 Å². The Morgan fingerprint density at radius 3 is 2.65 bits per heavy atom. The van der Waals surface area contributed by atoms with Gasteiger partial charge in [-0.05, 0) is 25.7 Å². The third-order valence-corrected chi connectivity index (χ3v) is 6.89. The van der Waals surface area contributed by atoms with Gasteiger partial charge in [0.15, 0.2) is 5.82 Å². The van der Waals surface area contributed by atoms with Crippen LogP contribution >= 0.6 is 0 Å². The van der Waals surface area contributed by atoms with E-state index in [-0.39, 0.29) is 11.9 Å². The lowest BCUT2D eigenvalue weighted by Gasteiger charge is -2.39. The Kier molecular flexibility index (Phi) is 5.64. The maximum absolute atomic E-state index is 12.4. The predicted molar refractivity (Wildman–Crippen MR) is 94.6 cm³/mol. The van der Waals surface area contributed by atoms with E-state index in [1.54, 1.807) is 4.90 Å². The van der Waals surface area contributed by atoms with Crippen LogP contribution in [-0.2, 0) is 21.4 Å². The number of hydrogen-bond acceptors (Lipinski definition) is 6. The maximum atomic E-state index is 12.4. The van der Waals surface area contributed by atoms with Crippen LogP contribution in [0.15, 0.2) is 4.52 Å². The summed E-state index contributed by atoms with van der Waals surface area (Å²) >= 11 is 0. The smallest absolute Gasteiger partial charge is 0.281 e. The molecule has 146 valence electrons. The summed E-state index contributed by atoms with van der Waals surface area (Å²) in [7, 11) is -0.423. The second kappa shape index (κ2) is 7.61. The highest BCUT2D eigenvalue weighted by Crippen LogP contribution is 2.38. The third kappa shape index (κ3) is 4.24. The van der Waals surface area contributed by atoms with Crippen LogP contribution < -0.4 is 0 Å². The van der Waals surface area contributed by atoms with E-state index in [0.29, 0.717) is 43.7 Å². The summed E-state index contributed by atoms with van der Waals surface area (Å²) in [5.41, 5.74) is 0. The fourth-order valence-corrected chi connectivity index (χ4v) is 4.48. The van der Waals surface area contributed by atoms with Crippen molar-refractivity contribution in [3.63, 3.8) is 0 Å². The first-order valence-corrected chi connectivity index (χ1v) is 10.5. The van der Waals surface area contributed by atoms with Crippen molar-refractivity contribution in [3.05, 3.63) is 11.7 Å². The summed E-state index contributed by atoms with van der Waals surface area (Å²) in [4.78, 5) is 18.3. The number of piperidine rings is 1. The van der Waals surface area contributed by atoms with Crippen LogP contribution in [-0.4, -0.2) is 77.7 Å². The van der Waals surface area contributed by atoms with Crippen molar-refractivity contribution in [2.45, 2.75) is 51.0 Å². The van der Waals surface area contributed by atoms with Crippen molar-refractivity contribution in [2.75, 3.05) is 33.7 Å². The number of nitrogens with zero attached hydrogens (tertiary/aromatic N) is 5. The quantitative estimate of drug-likeness (QED) is 0.682. The lowest BCUT2D eigenvalue weighted by atomic mass is 10.1. The first-order chi connectivity index (χ1) is 12.3. The van der Waals surface area contributed by atoms with E-state index in [0.717, 1.165) is 25.7 Å². The van der Waals surface area contributed by atoms with E-state index in [4.69, 9.17) is 4.52 Å². The molecule has 2 aliphatic rings. The molecule has 0 spiro atoms. The molecule has 0 aromatic carbocycles. The Morgan fingerprint density at radius 1 is 1.31 bits per heavy atom. The van der Waals surface area contributed by atoms with Crippen LogP contribution in [0.5, 0.6) is 0 Å². The minimum Gasteiger partial charge on any atom is -0.339 e. The van der Waals surface area contributed by atoms with Gasteiger partial charge in [0.25, 0.3) is 10.2 Å². The molecule has 10 heteroatoms. The van der Waals surface area contributed by atoms with Crippen LogP contribution in [0.1, 0.15) is 50.2 Å². The van der Waals surface area contributed by atoms with Crippen molar-refractivity contribution >= 4 is 16.1 Å². The fourth-order valence-electron chi connectivity index (χ4n) is 3.30. The van der Waals surface area contributed by atoms with Crippen molar-refractivity contribution in [1.82, 2.24) is 23.7 Å². The van der Waals surface area contributed by atoms with Crippen LogP contribution in [0, 0.1) is 0 Å². The molecule has 26 heavy (non-hydrogen) atoms. The lowest BCUT2D eigenvalue weighted by molar-refractivity contribution is -0.131. The molecule has 1 aliphatic carbocycles. The minimum atomic E-state index is -3.47. The lowest BCUT2D eigenvalue weighted by Crippen LogP contribution is -2.53. The summed E-state index contributed by atoms with van der Waals surface area (Å²) in [5, 5.41) is 3.99. The molecule has 0 bridgehead atoms. The van der Waals surface area contributed by atoms with Crippen LogP contribution in [0.25, 0.3) is 0 Å². The van der Waals surface area contributed by atoms with Gasteiger partial charge in [-0.3, -0.25) is 4.79 Å². The Bertz CT molecular complexity index is 744. The minimum absolute atomic E-state index is 0.0648. The summed E-state index contributed by atoms with van der Waals surface area (Å²) in [6, 6.07) is -0.134. The van der Waals surface area contributed by atoms with Crippen molar-refractivity contribution in [2.24, 2.45) is 0 Å². The van der Waals surface area contributed by atoms with E-state index < -0.39 is 10.2 Å². The first-order valence-electron chi connectivity index (χ1n) is 9.06. The summed E-state index contributed by atoms with van der Waals surface area (Å²) in [6.45, 7) is 2.78. The van der Waals surface area contributed by atoms with E-state index in [2.05, 4.69) is 10.1 Å². The molecule has 0 radical (unpaired) electrons. The molecule has 3 rings (SSSR count). The maximum Gasteiger partial charge on any atom is 0.281 e. The number of hydrogen-bond donors (Lipinski definition) is 0. The molecule has 1 unspecified atom stereocenters. The normalized spacial score (nSPS) is 21.9. The summed E-state index contributed by atoms with van der Waals surface area (Å²) in [6.07, 6.45) is 4.22. The molecule has 1 saturated heterocycles. The van der Waals surface area contributed by atoms with Gasteiger partial charge in [0, 0.05) is 59.0 Å². The van der Waals surface area contributed by atoms with Crippen LogP contribution in [0.3, 0.4) is 0 Å². The number of aromatic nitrogens is 2. The Hall–Kier alpha value is -1.52. The Balaban J connectivity index is 1.63. The van der Waals surface area contributed by atoms with E-state index in [9.17, 15) is 13.2 Å². The average molecular weight is 385 g/mol. The van der Waals surface area contributed by atoms with Gasteiger partial charge in [0.1, 0.15) is 0 Å². The monoisotopic (exact) mass is 385 g/mol. The highest BCUT2D eigenvalue weighted by molar-refractivity contribution is 7.86.